The van der Waals surface area contributed by atoms with Crippen molar-refractivity contribution in [3.8, 4) is 11.5 Å². The second-order valence-electron chi connectivity index (χ2n) is 5.64. The average Bonchev–Trinajstić information content (AvgIpc) is 2.64. The lowest BCUT2D eigenvalue weighted by Gasteiger charge is -2.14. The summed E-state index contributed by atoms with van der Waals surface area (Å²) in [4.78, 5) is 8.69. The highest BCUT2D eigenvalue weighted by atomic mass is 35.5. The molecule has 0 aliphatic carbocycles. The van der Waals surface area contributed by atoms with Crippen LogP contribution in [0.3, 0.4) is 0 Å². The highest BCUT2D eigenvalue weighted by Gasteiger charge is 2.12. The van der Waals surface area contributed by atoms with Crippen LogP contribution >= 0.6 is 11.6 Å². The number of hydrogen-bond acceptors (Lipinski definition) is 6. The minimum atomic E-state index is -0.388. The van der Waals surface area contributed by atoms with E-state index >= 15 is 0 Å². The number of methoxy groups -OCH3 is 2. The number of hydrogen-bond donors (Lipinski definition) is 2. The molecule has 0 saturated carbocycles. The molecule has 0 unspecified atom stereocenters. The van der Waals surface area contributed by atoms with Crippen LogP contribution < -0.4 is 20.1 Å². The van der Waals surface area contributed by atoms with Crippen molar-refractivity contribution in [2.75, 3.05) is 24.9 Å². The van der Waals surface area contributed by atoms with Gasteiger partial charge in [-0.25, -0.2) is 9.37 Å². The van der Waals surface area contributed by atoms with Gasteiger partial charge in [0, 0.05) is 23.9 Å². The van der Waals surface area contributed by atoms with Crippen molar-refractivity contribution < 1.29 is 13.9 Å². The first kappa shape index (κ1) is 18.7. The topological polar surface area (TPSA) is 68.3 Å². The Hall–Kier alpha value is -3.06. The fourth-order valence-electron chi connectivity index (χ4n) is 2.47. The fourth-order valence-corrected chi connectivity index (χ4v) is 2.70. The van der Waals surface area contributed by atoms with Crippen LogP contribution in [-0.4, -0.2) is 24.2 Å². The second kappa shape index (κ2) is 8.09. The van der Waals surface area contributed by atoms with Crippen molar-refractivity contribution in [2.24, 2.45) is 0 Å². The first-order valence-electron chi connectivity index (χ1n) is 8.06. The largest absolute Gasteiger partial charge is 0.495 e. The summed E-state index contributed by atoms with van der Waals surface area (Å²) in [6.07, 6.45) is 0. The molecule has 0 radical (unpaired) electrons. The maximum Gasteiger partial charge on any atom is 0.229 e. The third-order valence-electron chi connectivity index (χ3n) is 3.71. The summed E-state index contributed by atoms with van der Waals surface area (Å²) < 4.78 is 24.5. The SMILES string of the molecule is COc1cc(Nc2cc(C)nc(Nc3ccccc3F)n2)c(OC)cc1Cl. The molecule has 0 amide bonds. The molecule has 3 rings (SSSR count). The number of nitrogens with one attached hydrogen (secondary N) is 2. The lowest BCUT2D eigenvalue weighted by molar-refractivity contribution is 0.405. The number of aryl methyl sites for hydroxylation is 1. The van der Waals surface area contributed by atoms with Crippen molar-refractivity contribution >= 4 is 34.7 Å². The maximum absolute atomic E-state index is 13.9. The number of ether oxygens (including phenoxy) is 2. The minimum absolute atomic E-state index is 0.266. The predicted molar refractivity (Wildman–Crippen MR) is 104 cm³/mol. The molecular formula is C19H18ClFN4O2. The third-order valence-corrected chi connectivity index (χ3v) is 4.01. The first-order chi connectivity index (χ1) is 13.0. The number of anilines is 4. The average molecular weight is 389 g/mol. The molecule has 140 valence electrons. The molecular weight excluding hydrogens is 371 g/mol. The van der Waals surface area contributed by atoms with Gasteiger partial charge in [0.15, 0.2) is 0 Å². The van der Waals surface area contributed by atoms with Gasteiger partial charge in [0.25, 0.3) is 0 Å². The van der Waals surface area contributed by atoms with Crippen LogP contribution in [-0.2, 0) is 0 Å². The van der Waals surface area contributed by atoms with Crippen LogP contribution in [0.2, 0.25) is 5.02 Å². The highest BCUT2D eigenvalue weighted by molar-refractivity contribution is 6.32. The smallest absolute Gasteiger partial charge is 0.229 e. The Labute approximate surface area is 161 Å². The van der Waals surface area contributed by atoms with Gasteiger partial charge < -0.3 is 20.1 Å². The number of para-hydroxylation sites is 1. The van der Waals surface area contributed by atoms with Crippen molar-refractivity contribution in [1.29, 1.82) is 0 Å². The van der Waals surface area contributed by atoms with Gasteiger partial charge in [-0.2, -0.15) is 4.98 Å². The summed E-state index contributed by atoms with van der Waals surface area (Å²) in [7, 11) is 3.07. The molecule has 0 atom stereocenters. The fraction of sp³-hybridized carbons (Fsp3) is 0.158. The predicted octanol–water partition coefficient (Wildman–Crippen LogP) is 5.08. The quantitative estimate of drug-likeness (QED) is 0.613. The zero-order valence-electron chi connectivity index (χ0n) is 15.0. The van der Waals surface area contributed by atoms with Crippen molar-refractivity contribution in [1.82, 2.24) is 9.97 Å². The van der Waals surface area contributed by atoms with Crippen LogP contribution in [0.5, 0.6) is 11.5 Å². The highest BCUT2D eigenvalue weighted by Crippen LogP contribution is 2.37. The molecule has 8 heteroatoms. The van der Waals surface area contributed by atoms with Gasteiger partial charge in [0.1, 0.15) is 23.1 Å². The Morgan fingerprint density at radius 3 is 2.37 bits per heavy atom. The molecule has 6 nitrogen and oxygen atoms in total. The Morgan fingerprint density at radius 2 is 1.67 bits per heavy atom. The lowest BCUT2D eigenvalue weighted by Crippen LogP contribution is -2.04. The van der Waals surface area contributed by atoms with Crippen LogP contribution in [0, 0.1) is 12.7 Å². The molecule has 0 bridgehead atoms. The van der Waals surface area contributed by atoms with Gasteiger partial charge in [-0.15, -0.1) is 0 Å². The molecule has 0 fully saturated rings. The maximum atomic E-state index is 13.9. The van der Waals surface area contributed by atoms with E-state index in [1.807, 2.05) is 6.92 Å². The third kappa shape index (κ3) is 4.38. The molecule has 2 aromatic carbocycles. The van der Waals surface area contributed by atoms with Crippen LogP contribution in [0.4, 0.5) is 27.5 Å². The molecule has 0 aliphatic rings. The van der Waals surface area contributed by atoms with Gasteiger partial charge in [0.05, 0.1) is 30.6 Å². The Bertz CT molecular complexity index is 968. The van der Waals surface area contributed by atoms with Crippen LogP contribution in [0.25, 0.3) is 0 Å². The van der Waals surface area contributed by atoms with Crippen LogP contribution in [0.1, 0.15) is 5.69 Å². The van der Waals surface area contributed by atoms with Crippen molar-refractivity contribution in [3.05, 3.63) is 59.0 Å². The van der Waals surface area contributed by atoms with E-state index in [1.165, 1.54) is 13.2 Å². The zero-order valence-corrected chi connectivity index (χ0v) is 15.8. The standard InChI is InChI=1S/C19H18ClFN4O2/c1-11-8-18(23-15-10-16(26-2)12(20)9-17(15)27-3)25-19(22-11)24-14-7-5-4-6-13(14)21/h4-10H,1-3H3,(H2,22,23,24,25). The van der Waals surface area contributed by atoms with E-state index in [0.29, 0.717) is 39.4 Å². The van der Waals surface area contributed by atoms with Gasteiger partial charge in [-0.3, -0.25) is 0 Å². The summed E-state index contributed by atoms with van der Waals surface area (Å²) in [5, 5.41) is 6.47. The molecule has 1 aromatic heterocycles. The van der Waals surface area contributed by atoms with Crippen molar-refractivity contribution in [3.63, 3.8) is 0 Å². The lowest BCUT2D eigenvalue weighted by atomic mass is 10.2. The summed E-state index contributed by atoms with van der Waals surface area (Å²) in [6, 6.07) is 11.4. The van der Waals surface area contributed by atoms with E-state index in [1.54, 1.807) is 43.5 Å². The van der Waals surface area contributed by atoms with Crippen molar-refractivity contribution in [2.45, 2.75) is 6.92 Å². The number of halogens is 2. The first-order valence-corrected chi connectivity index (χ1v) is 8.43. The number of benzene rings is 2. The van der Waals surface area contributed by atoms with Gasteiger partial charge in [0.2, 0.25) is 5.95 Å². The van der Waals surface area contributed by atoms with E-state index in [2.05, 4.69) is 20.6 Å². The van der Waals surface area contributed by atoms with E-state index in [-0.39, 0.29) is 11.8 Å². The molecule has 0 spiro atoms. The molecule has 0 aliphatic heterocycles. The zero-order chi connectivity index (χ0) is 19.4. The number of rotatable bonds is 6. The molecule has 1 heterocycles. The van der Waals surface area contributed by atoms with Gasteiger partial charge in [-0.05, 0) is 19.1 Å². The number of nitrogens with zero attached hydrogens (tertiary/aromatic N) is 2. The molecule has 0 saturated heterocycles. The number of aromatic nitrogens is 2. The summed E-state index contributed by atoms with van der Waals surface area (Å²) in [5.41, 5.74) is 1.61. The van der Waals surface area contributed by atoms with Crippen LogP contribution in [0.15, 0.2) is 42.5 Å². The molecule has 27 heavy (non-hydrogen) atoms. The van der Waals surface area contributed by atoms with E-state index in [9.17, 15) is 4.39 Å². The monoisotopic (exact) mass is 388 g/mol. The van der Waals surface area contributed by atoms with E-state index < -0.39 is 0 Å². The summed E-state index contributed by atoms with van der Waals surface area (Å²) in [5.74, 6) is 1.41. The minimum Gasteiger partial charge on any atom is -0.495 e. The Morgan fingerprint density at radius 1 is 0.926 bits per heavy atom. The molecule has 2 N–H and O–H groups in total. The van der Waals surface area contributed by atoms with Gasteiger partial charge >= 0.3 is 0 Å². The van der Waals surface area contributed by atoms with Gasteiger partial charge in [-0.1, -0.05) is 23.7 Å². The summed E-state index contributed by atoms with van der Waals surface area (Å²) in [6.45, 7) is 1.82. The van der Waals surface area contributed by atoms with E-state index in [0.717, 1.165) is 0 Å². The summed E-state index contributed by atoms with van der Waals surface area (Å²) >= 11 is 6.13. The normalized spacial score (nSPS) is 10.4. The van der Waals surface area contributed by atoms with E-state index in [4.69, 9.17) is 21.1 Å². The second-order valence-corrected chi connectivity index (χ2v) is 6.04. The Balaban J connectivity index is 1.92. The Kier molecular flexibility index (Phi) is 5.61. The molecule has 3 aromatic rings.